The second-order valence-corrected chi connectivity index (χ2v) is 7.96. The van der Waals surface area contributed by atoms with Gasteiger partial charge < -0.3 is 20.4 Å². The van der Waals surface area contributed by atoms with Gasteiger partial charge in [0, 0.05) is 59.2 Å². The van der Waals surface area contributed by atoms with Gasteiger partial charge in [-0.1, -0.05) is 20.3 Å². The van der Waals surface area contributed by atoms with Crippen LogP contribution in [0, 0.1) is 5.92 Å². The minimum atomic E-state index is -4.19. The minimum Gasteiger partial charge on any atom is -0.356 e. The van der Waals surface area contributed by atoms with Gasteiger partial charge in [-0.3, -0.25) is 14.6 Å². The van der Waals surface area contributed by atoms with E-state index in [0.29, 0.717) is 57.4 Å². The van der Waals surface area contributed by atoms with Crippen molar-refractivity contribution in [3.63, 3.8) is 0 Å². The van der Waals surface area contributed by atoms with E-state index < -0.39 is 12.6 Å². The van der Waals surface area contributed by atoms with Crippen LogP contribution in [0.15, 0.2) is 4.99 Å². The van der Waals surface area contributed by atoms with Gasteiger partial charge in [0.2, 0.25) is 11.8 Å². The van der Waals surface area contributed by atoms with Gasteiger partial charge in [0.1, 0.15) is 0 Å². The summed E-state index contributed by atoms with van der Waals surface area (Å²) in [5.41, 5.74) is 0. The molecule has 31 heavy (non-hydrogen) atoms. The van der Waals surface area contributed by atoms with Crippen LogP contribution in [0.1, 0.15) is 52.4 Å². The highest BCUT2D eigenvalue weighted by molar-refractivity contribution is 14.0. The maximum Gasteiger partial charge on any atom is 0.390 e. The van der Waals surface area contributed by atoms with E-state index in [-0.39, 0.29) is 42.3 Å². The lowest BCUT2D eigenvalue weighted by molar-refractivity contribution is -0.140. The van der Waals surface area contributed by atoms with Crippen molar-refractivity contribution >= 4 is 41.8 Å². The average Bonchev–Trinajstić information content (AvgIpc) is 2.67. The molecular formula is C20H37F3IN5O2. The van der Waals surface area contributed by atoms with E-state index in [1.54, 1.807) is 0 Å². The fourth-order valence-electron chi connectivity index (χ4n) is 3.17. The molecule has 7 nitrogen and oxygen atoms in total. The minimum absolute atomic E-state index is 0. The molecule has 2 amide bonds. The third-order valence-electron chi connectivity index (χ3n) is 4.85. The number of alkyl halides is 3. The standard InChI is InChI=1S/C20H36F3N5O2.HI/c1-16(2)15-18(30)28-13-11-27(12-14-28)17(29)7-5-4-6-9-25-19(24-3)26-10-8-20(21,22)23;/h16H,4-15H2,1-3H3,(H2,24,25,26);1H. The van der Waals surface area contributed by atoms with Gasteiger partial charge in [-0.25, -0.2) is 0 Å². The second-order valence-electron chi connectivity index (χ2n) is 7.96. The van der Waals surface area contributed by atoms with Crippen LogP contribution in [0.2, 0.25) is 0 Å². The van der Waals surface area contributed by atoms with Crippen LogP contribution in [-0.4, -0.2) is 80.1 Å². The van der Waals surface area contributed by atoms with Gasteiger partial charge in [-0.15, -0.1) is 24.0 Å². The molecule has 0 atom stereocenters. The predicted molar refractivity (Wildman–Crippen MR) is 127 cm³/mol. The first-order valence-corrected chi connectivity index (χ1v) is 10.7. The Labute approximate surface area is 200 Å². The molecule has 1 fully saturated rings. The van der Waals surface area contributed by atoms with Gasteiger partial charge in [-0.05, 0) is 18.8 Å². The summed E-state index contributed by atoms with van der Waals surface area (Å²) in [6.07, 6.45) is -1.68. The van der Waals surface area contributed by atoms with E-state index in [1.807, 2.05) is 23.6 Å². The van der Waals surface area contributed by atoms with Gasteiger partial charge in [-0.2, -0.15) is 13.2 Å². The van der Waals surface area contributed by atoms with Crippen LogP contribution in [0.25, 0.3) is 0 Å². The topological polar surface area (TPSA) is 77.0 Å². The first kappa shape index (κ1) is 29.7. The Balaban J connectivity index is 0.00000900. The van der Waals surface area contributed by atoms with E-state index in [2.05, 4.69) is 15.6 Å². The number of rotatable bonds is 10. The zero-order valence-corrected chi connectivity index (χ0v) is 21.1. The molecule has 0 spiro atoms. The third-order valence-corrected chi connectivity index (χ3v) is 4.85. The summed E-state index contributed by atoms with van der Waals surface area (Å²) in [6.45, 7) is 6.78. The summed E-state index contributed by atoms with van der Waals surface area (Å²) in [4.78, 5) is 32.0. The SMILES string of the molecule is CN=C(NCCCCCC(=O)N1CCN(C(=O)CC(C)C)CC1)NCCC(F)(F)F.I. The number of piperazine rings is 1. The molecule has 0 aromatic rings. The Kier molecular flexibility index (Phi) is 14.9. The lowest BCUT2D eigenvalue weighted by Crippen LogP contribution is -2.50. The van der Waals surface area contributed by atoms with Crippen molar-refractivity contribution in [1.82, 2.24) is 20.4 Å². The van der Waals surface area contributed by atoms with Crippen LogP contribution in [0.4, 0.5) is 13.2 Å². The van der Waals surface area contributed by atoms with Crippen LogP contribution in [0.3, 0.4) is 0 Å². The first-order valence-electron chi connectivity index (χ1n) is 10.7. The maximum atomic E-state index is 12.3. The maximum absolute atomic E-state index is 12.3. The van der Waals surface area contributed by atoms with Gasteiger partial charge in [0.15, 0.2) is 5.96 Å². The van der Waals surface area contributed by atoms with E-state index in [9.17, 15) is 22.8 Å². The number of amides is 2. The fourth-order valence-corrected chi connectivity index (χ4v) is 3.17. The van der Waals surface area contributed by atoms with Crippen molar-refractivity contribution in [3.05, 3.63) is 0 Å². The number of carbonyl (C=O) groups is 2. The molecule has 0 bridgehead atoms. The molecule has 2 N–H and O–H groups in total. The number of halogens is 4. The van der Waals surface area contributed by atoms with Crippen molar-refractivity contribution in [3.8, 4) is 0 Å². The number of nitrogens with zero attached hydrogens (tertiary/aromatic N) is 3. The smallest absolute Gasteiger partial charge is 0.356 e. The molecule has 11 heteroatoms. The van der Waals surface area contributed by atoms with Crippen LogP contribution >= 0.6 is 24.0 Å². The van der Waals surface area contributed by atoms with Crippen LogP contribution < -0.4 is 10.6 Å². The molecule has 1 aliphatic heterocycles. The Bertz CT molecular complexity index is 566. The van der Waals surface area contributed by atoms with Crippen molar-refractivity contribution in [2.24, 2.45) is 10.9 Å². The Morgan fingerprint density at radius 1 is 0.935 bits per heavy atom. The molecule has 1 saturated heterocycles. The molecule has 0 saturated carbocycles. The molecule has 0 radical (unpaired) electrons. The van der Waals surface area contributed by atoms with Crippen LogP contribution in [-0.2, 0) is 9.59 Å². The monoisotopic (exact) mass is 563 g/mol. The lowest BCUT2D eigenvalue weighted by Gasteiger charge is -2.35. The zero-order valence-electron chi connectivity index (χ0n) is 18.8. The molecule has 0 unspecified atom stereocenters. The summed E-state index contributed by atoms with van der Waals surface area (Å²) in [6, 6.07) is 0. The Morgan fingerprint density at radius 3 is 2.00 bits per heavy atom. The number of carbonyl (C=O) groups excluding carboxylic acids is 2. The van der Waals surface area contributed by atoms with Crippen molar-refractivity contribution in [2.45, 2.75) is 58.5 Å². The number of guanidine groups is 1. The number of unbranched alkanes of at least 4 members (excludes halogenated alkanes) is 2. The highest BCUT2D eigenvalue weighted by Gasteiger charge is 2.26. The fraction of sp³-hybridized carbons (Fsp3) is 0.850. The number of hydrogen-bond donors (Lipinski definition) is 2. The molecule has 0 aromatic heterocycles. The summed E-state index contributed by atoms with van der Waals surface area (Å²) in [5.74, 6) is 0.957. The highest BCUT2D eigenvalue weighted by Crippen LogP contribution is 2.18. The average molecular weight is 563 g/mol. The molecule has 1 rings (SSSR count). The molecule has 1 heterocycles. The van der Waals surface area contributed by atoms with E-state index in [0.717, 1.165) is 19.3 Å². The zero-order chi connectivity index (χ0) is 22.6. The highest BCUT2D eigenvalue weighted by atomic mass is 127. The first-order chi connectivity index (χ1) is 14.1. The predicted octanol–water partition coefficient (Wildman–Crippen LogP) is 3.00. The summed E-state index contributed by atoms with van der Waals surface area (Å²) in [5, 5.41) is 5.60. The van der Waals surface area contributed by atoms with E-state index >= 15 is 0 Å². The van der Waals surface area contributed by atoms with Gasteiger partial charge in [0.25, 0.3) is 0 Å². The second kappa shape index (κ2) is 15.5. The van der Waals surface area contributed by atoms with Crippen molar-refractivity contribution in [2.75, 3.05) is 46.3 Å². The summed E-state index contributed by atoms with van der Waals surface area (Å²) >= 11 is 0. The summed E-state index contributed by atoms with van der Waals surface area (Å²) in [7, 11) is 1.51. The normalized spacial score (nSPS) is 15.0. The quantitative estimate of drug-likeness (QED) is 0.186. The molecule has 0 aliphatic carbocycles. The Morgan fingerprint density at radius 2 is 1.48 bits per heavy atom. The van der Waals surface area contributed by atoms with E-state index in [4.69, 9.17) is 0 Å². The number of aliphatic imine (C=N–C) groups is 1. The van der Waals surface area contributed by atoms with Crippen molar-refractivity contribution < 1.29 is 22.8 Å². The number of hydrogen-bond acceptors (Lipinski definition) is 3. The summed E-state index contributed by atoms with van der Waals surface area (Å²) < 4.78 is 36.5. The van der Waals surface area contributed by atoms with Gasteiger partial charge in [0.05, 0.1) is 6.42 Å². The largest absolute Gasteiger partial charge is 0.390 e. The molecule has 0 aromatic carbocycles. The van der Waals surface area contributed by atoms with E-state index in [1.165, 1.54) is 7.05 Å². The van der Waals surface area contributed by atoms with Crippen molar-refractivity contribution in [1.29, 1.82) is 0 Å². The lowest BCUT2D eigenvalue weighted by atomic mass is 10.1. The van der Waals surface area contributed by atoms with Crippen LogP contribution in [0.5, 0.6) is 0 Å². The number of nitrogens with one attached hydrogen (secondary N) is 2. The Hall–Kier alpha value is -1.27. The molecule has 1 aliphatic rings. The third kappa shape index (κ3) is 13.7. The molecular weight excluding hydrogens is 526 g/mol. The molecule has 182 valence electrons. The van der Waals surface area contributed by atoms with Gasteiger partial charge >= 0.3 is 6.18 Å².